The van der Waals surface area contributed by atoms with E-state index < -0.39 is 5.60 Å². The van der Waals surface area contributed by atoms with Crippen LogP contribution in [0.2, 0.25) is 0 Å². The van der Waals surface area contributed by atoms with E-state index in [-0.39, 0.29) is 36.1 Å². The van der Waals surface area contributed by atoms with Crippen molar-refractivity contribution in [2.24, 2.45) is 4.99 Å². The quantitative estimate of drug-likeness (QED) is 0.279. The van der Waals surface area contributed by atoms with Gasteiger partial charge in [0.2, 0.25) is 0 Å². The molecule has 3 N–H and O–H groups in total. The van der Waals surface area contributed by atoms with E-state index >= 15 is 0 Å². The molecule has 0 radical (unpaired) electrons. The fraction of sp³-hybridized carbons (Fsp3) is 0.900. The Morgan fingerprint density at radius 2 is 1.86 bits per heavy atom. The zero-order valence-electron chi connectivity index (χ0n) is 18.2. The molecule has 8 heteroatoms. The summed E-state index contributed by atoms with van der Waals surface area (Å²) in [5, 5.41) is 9.88. The Balaban J connectivity index is 0.00000392. The molecule has 2 rings (SSSR count). The van der Waals surface area contributed by atoms with Gasteiger partial charge in [0.15, 0.2) is 5.96 Å². The van der Waals surface area contributed by atoms with Crippen molar-refractivity contribution in [1.82, 2.24) is 20.9 Å². The Labute approximate surface area is 187 Å². The number of piperidine rings is 1. The van der Waals surface area contributed by atoms with Crippen LogP contribution in [0.15, 0.2) is 4.99 Å². The van der Waals surface area contributed by atoms with Gasteiger partial charge < -0.3 is 25.6 Å². The Morgan fingerprint density at radius 3 is 2.36 bits per heavy atom. The fourth-order valence-electron chi connectivity index (χ4n) is 3.50. The fourth-order valence-corrected chi connectivity index (χ4v) is 3.50. The summed E-state index contributed by atoms with van der Waals surface area (Å²) in [7, 11) is 1.80. The van der Waals surface area contributed by atoms with Crippen LogP contribution >= 0.6 is 24.0 Å². The predicted molar refractivity (Wildman–Crippen MR) is 126 cm³/mol. The van der Waals surface area contributed by atoms with E-state index in [1.165, 1.54) is 25.9 Å². The van der Waals surface area contributed by atoms with Gasteiger partial charge in [-0.3, -0.25) is 4.99 Å². The maximum absolute atomic E-state index is 12.1. The molecule has 1 aliphatic heterocycles. The summed E-state index contributed by atoms with van der Waals surface area (Å²) in [6.45, 7) is 10.7. The maximum Gasteiger partial charge on any atom is 0.407 e. The summed E-state index contributed by atoms with van der Waals surface area (Å²) < 4.78 is 5.38. The number of nitrogens with zero attached hydrogens (tertiary/aromatic N) is 2. The van der Waals surface area contributed by atoms with E-state index in [9.17, 15) is 4.79 Å². The second-order valence-electron chi connectivity index (χ2n) is 8.77. The average Bonchev–Trinajstić information content (AvgIpc) is 3.42. The lowest BCUT2D eigenvalue weighted by molar-refractivity contribution is 0.0502. The van der Waals surface area contributed by atoms with Crippen LogP contribution in [-0.4, -0.2) is 67.4 Å². The Hall–Kier alpha value is -0.770. The number of nitrogens with one attached hydrogen (secondary N) is 3. The van der Waals surface area contributed by atoms with Gasteiger partial charge in [-0.15, -0.1) is 24.0 Å². The number of alkyl carbamates (subject to hydrolysis) is 1. The average molecular weight is 509 g/mol. The SMILES string of the molecule is CCCC(CNC(=NC)NC1CCN(C2CC2)CC1)NC(=O)OC(C)(C)C.I. The molecule has 0 aromatic carbocycles. The Kier molecular flexibility index (Phi) is 10.9. The summed E-state index contributed by atoms with van der Waals surface area (Å²) in [4.78, 5) is 19.0. The van der Waals surface area contributed by atoms with E-state index in [1.54, 1.807) is 7.05 Å². The number of guanidine groups is 1. The van der Waals surface area contributed by atoms with E-state index in [2.05, 4.69) is 32.8 Å². The van der Waals surface area contributed by atoms with Crippen LogP contribution in [-0.2, 0) is 4.74 Å². The van der Waals surface area contributed by atoms with Crippen molar-refractivity contribution in [3.8, 4) is 0 Å². The molecule has 1 saturated heterocycles. The first-order chi connectivity index (χ1) is 12.8. The molecule has 0 aromatic rings. The normalized spacial score (nSPS) is 20.1. The van der Waals surface area contributed by atoms with Crippen molar-refractivity contribution in [3.63, 3.8) is 0 Å². The molecule has 1 unspecified atom stereocenters. The van der Waals surface area contributed by atoms with E-state index in [0.717, 1.165) is 37.7 Å². The van der Waals surface area contributed by atoms with Gasteiger partial charge in [0, 0.05) is 44.8 Å². The van der Waals surface area contributed by atoms with Crippen molar-refractivity contribution in [1.29, 1.82) is 0 Å². The third-order valence-corrected chi connectivity index (χ3v) is 5.03. The summed E-state index contributed by atoms with van der Waals surface area (Å²) in [5.74, 6) is 0.812. The standard InChI is InChI=1S/C20H39N5O2.HI/c1-6-7-16(24-19(26)27-20(2,3)4)14-22-18(21-5)23-15-10-12-25(13-11-15)17-8-9-17;/h15-17H,6-14H2,1-5H3,(H,24,26)(H2,21,22,23);1H. The van der Waals surface area contributed by atoms with Gasteiger partial charge >= 0.3 is 6.09 Å². The van der Waals surface area contributed by atoms with E-state index in [0.29, 0.717) is 12.6 Å². The van der Waals surface area contributed by atoms with Crippen LogP contribution in [0, 0.1) is 0 Å². The molecule has 2 fully saturated rings. The number of aliphatic imine (C=N–C) groups is 1. The van der Waals surface area contributed by atoms with Crippen molar-refractivity contribution in [2.75, 3.05) is 26.7 Å². The Bertz CT molecular complexity index is 497. The minimum atomic E-state index is -0.485. The van der Waals surface area contributed by atoms with Crippen LogP contribution in [0.5, 0.6) is 0 Å². The van der Waals surface area contributed by atoms with Gasteiger partial charge in [-0.25, -0.2) is 4.79 Å². The highest BCUT2D eigenvalue weighted by atomic mass is 127. The molecule has 1 saturated carbocycles. The first kappa shape index (κ1) is 25.3. The lowest BCUT2D eigenvalue weighted by atomic mass is 10.1. The number of ether oxygens (including phenoxy) is 1. The van der Waals surface area contributed by atoms with Crippen molar-refractivity contribution in [2.45, 2.75) is 89.9 Å². The number of hydrogen-bond acceptors (Lipinski definition) is 4. The zero-order valence-corrected chi connectivity index (χ0v) is 20.5. The lowest BCUT2D eigenvalue weighted by Gasteiger charge is -2.33. The molecule has 0 bridgehead atoms. The van der Waals surface area contributed by atoms with Crippen LogP contribution < -0.4 is 16.0 Å². The van der Waals surface area contributed by atoms with Crippen LogP contribution in [0.25, 0.3) is 0 Å². The van der Waals surface area contributed by atoms with Gasteiger partial charge in [0.1, 0.15) is 5.60 Å². The van der Waals surface area contributed by atoms with Gasteiger partial charge in [-0.1, -0.05) is 13.3 Å². The summed E-state index contributed by atoms with van der Waals surface area (Å²) in [5.41, 5.74) is -0.485. The predicted octanol–water partition coefficient (Wildman–Crippen LogP) is 3.09. The first-order valence-electron chi connectivity index (χ1n) is 10.5. The first-order valence-corrected chi connectivity index (χ1v) is 10.5. The molecule has 1 amide bonds. The number of rotatable bonds is 7. The number of halogens is 1. The lowest BCUT2D eigenvalue weighted by Crippen LogP contribution is -2.52. The third kappa shape index (κ3) is 9.62. The van der Waals surface area contributed by atoms with Crippen LogP contribution in [0.4, 0.5) is 4.79 Å². The highest BCUT2D eigenvalue weighted by molar-refractivity contribution is 14.0. The van der Waals surface area contributed by atoms with Gasteiger partial charge in [-0.05, 0) is 52.9 Å². The molecular weight excluding hydrogens is 469 g/mol. The number of amides is 1. The molecule has 28 heavy (non-hydrogen) atoms. The largest absolute Gasteiger partial charge is 0.444 e. The van der Waals surface area contributed by atoms with Gasteiger partial charge in [0.05, 0.1) is 0 Å². The van der Waals surface area contributed by atoms with E-state index in [4.69, 9.17) is 4.74 Å². The zero-order chi connectivity index (χ0) is 19.9. The van der Waals surface area contributed by atoms with Gasteiger partial charge in [0.25, 0.3) is 0 Å². The number of hydrogen-bond donors (Lipinski definition) is 3. The van der Waals surface area contributed by atoms with Gasteiger partial charge in [-0.2, -0.15) is 0 Å². The maximum atomic E-state index is 12.1. The molecule has 7 nitrogen and oxygen atoms in total. The monoisotopic (exact) mass is 509 g/mol. The topological polar surface area (TPSA) is 78.0 Å². The summed E-state index contributed by atoms with van der Waals surface area (Å²) >= 11 is 0. The van der Waals surface area contributed by atoms with Crippen LogP contribution in [0.3, 0.4) is 0 Å². The van der Waals surface area contributed by atoms with Crippen molar-refractivity contribution >= 4 is 36.0 Å². The molecule has 1 heterocycles. The van der Waals surface area contributed by atoms with Crippen molar-refractivity contribution in [3.05, 3.63) is 0 Å². The smallest absolute Gasteiger partial charge is 0.407 e. The minimum Gasteiger partial charge on any atom is -0.444 e. The molecular formula is C20H40IN5O2. The molecule has 0 aromatic heterocycles. The molecule has 164 valence electrons. The summed E-state index contributed by atoms with van der Waals surface area (Å²) in [6, 6.07) is 1.34. The third-order valence-electron chi connectivity index (χ3n) is 5.03. The van der Waals surface area contributed by atoms with E-state index in [1.807, 2.05) is 20.8 Å². The molecule has 1 aliphatic carbocycles. The highest BCUT2D eigenvalue weighted by Gasteiger charge is 2.32. The highest BCUT2D eigenvalue weighted by Crippen LogP contribution is 2.29. The summed E-state index contributed by atoms with van der Waals surface area (Å²) in [6.07, 6.45) is 6.60. The second kappa shape index (κ2) is 12.0. The minimum absolute atomic E-state index is 0. The van der Waals surface area contributed by atoms with Crippen LogP contribution in [0.1, 0.15) is 66.2 Å². The second-order valence-corrected chi connectivity index (χ2v) is 8.77. The number of carbonyl (C=O) groups excluding carboxylic acids is 1. The Morgan fingerprint density at radius 1 is 1.21 bits per heavy atom. The molecule has 1 atom stereocenters. The number of carbonyl (C=O) groups is 1. The molecule has 2 aliphatic rings. The molecule has 0 spiro atoms. The number of likely N-dealkylation sites (tertiary alicyclic amines) is 1. The van der Waals surface area contributed by atoms with Crippen molar-refractivity contribution < 1.29 is 9.53 Å².